The van der Waals surface area contributed by atoms with Gasteiger partial charge in [0.1, 0.15) is 0 Å². The van der Waals surface area contributed by atoms with Gasteiger partial charge in [-0.2, -0.15) is 0 Å². The summed E-state index contributed by atoms with van der Waals surface area (Å²) in [5, 5.41) is 0.365. The van der Waals surface area contributed by atoms with Gasteiger partial charge in [0, 0.05) is 11.1 Å². The van der Waals surface area contributed by atoms with Crippen molar-refractivity contribution in [3.05, 3.63) is 58.9 Å². The summed E-state index contributed by atoms with van der Waals surface area (Å²) >= 11 is 5.93. The minimum Gasteiger partial charge on any atom is -0.494 e. The van der Waals surface area contributed by atoms with Crippen LogP contribution in [0.1, 0.15) is 5.56 Å². The molecule has 0 saturated heterocycles. The maximum atomic E-state index is 13.5. The van der Waals surface area contributed by atoms with E-state index in [4.69, 9.17) is 16.3 Å². The number of halogens is 2. The number of ether oxygens (including phenoxy) is 1. The van der Waals surface area contributed by atoms with Crippen LogP contribution in [0.4, 0.5) is 10.1 Å². The maximum absolute atomic E-state index is 13.5. The fourth-order valence-corrected chi connectivity index (χ4v) is 3.27. The van der Waals surface area contributed by atoms with Crippen molar-refractivity contribution in [1.29, 1.82) is 0 Å². The quantitative estimate of drug-likeness (QED) is 0.914. The molecule has 0 aliphatic rings. The van der Waals surface area contributed by atoms with Crippen LogP contribution in [-0.2, 0) is 15.8 Å². The molecule has 7 heteroatoms. The second kappa shape index (κ2) is 6.32. The van der Waals surface area contributed by atoms with Gasteiger partial charge in [0.25, 0.3) is 0 Å². The Morgan fingerprint density at radius 2 is 1.95 bits per heavy atom. The predicted octanol–water partition coefficient (Wildman–Crippen LogP) is 3.43. The lowest BCUT2D eigenvalue weighted by Crippen LogP contribution is -2.15. The van der Waals surface area contributed by atoms with Gasteiger partial charge in [-0.05, 0) is 23.8 Å². The van der Waals surface area contributed by atoms with Gasteiger partial charge in [0.05, 0.1) is 18.6 Å². The average molecular weight is 330 g/mol. The van der Waals surface area contributed by atoms with Crippen molar-refractivity contribution in [3.8, 4) is 5.75 Å². The highest BCUT2D eigenvalue weighted by Crippen LogP contribution is 2.23. The van der Waals surface area contributed by atoms with Gasteiger partial charge >= 0.3 is 0 Å². The van der Waals surface area contributed by atoms with E-state index < -0.39 is 15.8 Å². The van der Waals surface area contributed by atoms with Crippen molar-refractivity contribution < 1.29 is 17.5 Å². The summed E-state index contributed by atoms with van der Waals surface area (Å²) in [5.41, 5.74) is 0.598. The Labute approximate surface area is 127 Å². The van der Waals surface area contributed by atoms with Gasteiger partial charge in [0.15, 0.2) is 11.6 Å². The second-order valence-electron chi connectivity index (χ2n) is 4.30. The van der Waals surface area contributed by atoms with Crippen LogP contribution in [0.3, 0.4) is 0 Å². The third-order valence-electron chi connectivity index (χ3n) is 2.73. The number of benzene rings is 2. The molecule has 0 atom stereocenters. The monoisotopic (exact) mass is 329 g/mol. The molecular weight excluding hydrogens is 317 g/mol. The van der Waals surface area contributed by atoms with E-state index in [1.807, 2.05) is 0 Å². The van der Waals surface area contributed by atoms with Gasteiger partial charge < -0.3 is 4.74 Å². The maximum Gasteiger partial charge on any atom is 0.236 e. The van der Waals surface area contributed by atoms with Gasteiger partial charge in [-0.3, -0.25) is 4.72 Å². The normalized spacial score (nSPS) is 11.2. The molecule has 2 rings (SSSR count). The summed E-state index contributed by atoms with van der Waals surface area (Å²) in [5.74, 6) is -0.889. The van der Waals surface area contributed by atoms with Crippen LogP contribution in [0.15, 0.2) is 42.5 Å². The van der Waals surface area contributed by atoms with E-state index in [9.17, 15) is 12.8 Å². The minimum atomic E-state index is -3.69. The van der Waals surface area contributed by atoms with Crippen molar-refractivity contribution in [2.45, 2.75) is 5.75 Å². The lowest BCUT2D eigenvalue weighted by molar-refractivity contribution is 0.386. The Balaban J connectivity index is 2.18. The summed E-state index contributed by atoms with van der Waals surface area (Å²) in [6, 6.07) is 10.5. The van der Waals surface area contributed by atoms with Crippen molar-refractivity contribution in [3.63, 3.8) is 0 Å². The lowest BCUT2D eigenvalue weighted by atomic mass is 10.2. The number of sulfonamides is 1. The van der Waals surface area contributed by atoms with E-state index in [0.29, 0.717) is 10.6 Å². The van der Waals surface area contributed by atoms with E-state index in [-0.39, 0.29) is 17.2 Å². The molecule has 0 bridgehead atoms. The molecule has 112 valence electrons. The molecule has 4 nitrogen and oxygen atoms in total. The van der Waals surface area contributed by atoms with Crippen LogP contribution in [0.2, 0.25) is 5.02 Å². The van der Waals surface area contributed by atoms with Crippen molar-refractivity contribution in [1.82, 2.24) is 0 Å². The summed E-state index contributed by atoms with van der Waals surface area (Å²) in [7, 11) is -2.36. The first-order valence-corrected chi connectivity index (χ1v) is 8.02. The average Bonchev–Trinajstić information content (AvgIpc) is 2.41. The van der Waals surface area contributed by atoms with Crippen molar-refractivity contribution >= 4 is 27.3 Å². The molecule has 0 amide bonds. The molecule has 0 fully saturated rings. The first kappa shape index (κ1) is 15.6. The van der Waals surface area contributed by atoms with Crippen LogP contribution >= 0.6 is 11.6 Å². The molecule has 1 N–H and O–H groups in total. The van der Waals surface area contributed by atoms with E-state index >= 15 is 0 Å². The Bertz CT molecular complexity index is 750. The highest BCUT2D eigenvalue weighted by atomic mass is 35.5. The molecule has 0 unspecified atom stereocenters. The highest BCUT2D eigenvalue weighted by Gasteiger charge is 2.15. The zero-order chi connectivity index (χ0) is 15.5. The zero-order valence-electron chi connectivity index (χ0n) is 11.1. The van der Waals surface area contributed by atoms with E-state index in [2.05, 4.69) is 4.72 Å². The molecule has 0 radical (unpaired) electrons. The number of hydrogen-bond acceptors (Lipinski definition) is 3. The third kappa shape index (κ3) is 4.09. The fraction of sp³-hybridized carbons (Fsp3) is 0.143. The van der Waals surface area contributed by atoms with Crippen LogP contribution in [0.5, 0.6) is 5.75 Å². The molecular formula is C14H13ClFNO3S. The Kier molecular flexibility index (Phi) is 4.69. The van der Waals surface area contributed by atoms with Crippen LogP contribution in [-0.4, -0.2) is 15.5 Å². The number of anilines is 1. The molecule has 0 saturated carbocycles. The first-order valence-electron chi connectivity index (χ1n) is 5.99. The van der Waals surface area contributed by atoms with Crippen molar-refractivity contribution in [2.24, 2.45) is 0 Å². The van der Waals surface area contributed by atoms with Gasteiger partial charge in [0.2, 0.25) is 10.0 Å². The molecule has 0 aromatic heterocycles. The SMILES string of the molecule is COc1ccc(NS(=O)(=O)Cc2ccccc2Cl)cc1F. The highest BCUT2D eigenvalue weighted by molar-refractivity contribution is 7.91. The summed E-state index contributed by atoms with van der Waals surface area (Å²) in [6.45, 7) is 0. The van der Waals surface area contributed by atoms with E-state index in [0.717, 1.165) is 6.07 Å². The largest absolute Gasteiger partial charge is 0.494 e. The molecule has 0 aliphatic heterocycles. The number of hydrogen-bond donors (Lipinski definition) is 1. The fourth-order valence-electron chi connectivity index (χ4n) is 1.77. The third-order valence-corrected chi connectivity index (χ3v) is 4.33. The van der Waals surface area contributed by atoms with E-state index in [1.165, 1.54) is 19.2 Å². The van der Waals surface area contributed by atoms with Crippen molar-refractivity contribution in [2.75, 3.05) is 11.8 Å². The molecule has 0 spiro atoms. The summed E-state index contributed by atoms with van der Waals surface area (Å²) < 4.78 is 44.7. The van der Waals surface area contributed by atoms with Gasteiger partial charge in [-0.1, -0.05) is 29.8 Å². The smallest absolute Gasteiger partial charge is 0.236 e. The van der Waals surface area contributed by atoms with Gasteiger partial charge in [-0.15, -0.1) is 0 Å². The van der Waals surface area contributed by atoms with Gasteiger partial charge in [-0.25, -0.2) is 12.8 Å². The molecule has 2 aromatic rings. The molecule has 0 heterocycles. The summed E-state index contributed by atoms with van der Waals surface area (Å²) in [4.78, 5) is 0. The Hall–Kier alpha value is -1.79. The summed E-state index contributed by atoms with van der Waals surface area (Å²) in [6.07, 6.45) is 0. The Morgan fingerprint density at radius 1 is 1.24 bits per heavy atom. The predicted molar refractivity (Wildman–Crippen MR) is 80.7 cm³/mol. The standard InChI is InChI=1S/C14H13ClFNO3S/c1-20-14-7-6-11(8-13(14)16)17-21(18,19)9-10-4-2-3-5-12(10)15/h2-8,17H,9H2,1H3. The first-order chi connectivity index (χ1) is 9.91. The molecule has 2 aromatic carbocycles. The number of methoxy groups -OCH3 is 1. The lowest BCUT2D eigenvalue weighted by Gasteiger charge is -2.10. The van der Waals surface area contributed by atoms with Crippen LogP contribution in [0.25, 0.3) is 0 Å². The topological polar surface area (TPSA) is 55.4 Å². The Morgan fingerprint density at radius 3 is 2.57 bits per heavy atom. The molecule has 21 heavy (non-hydrogen) atoms. The zero-order valence-corrected chi connectivity index (χ0v) is 12.7. The number of nitrogens with one attached hydrogen (secondary N) is 1. The minimum absolute atomic E-state index is 0.0454. The van der Waals surface area contributed by atoms with Crippen LogP contribution < -0.4 is 9.46 Å². The van der Waals surface area contributed by atoms with E-state index in [1.54, 1.807) is 24.3 Å². The second-order valence-corrected chi connectivity index (χ2v) is 6.43. The van der Waals surface area contributed by atoms with Crippen LogP contribution in [0, 0.1) is 5.82 Å². The number of rotatable bonds is 5. The molecule has 0 aliphatic carbocycles.